The molecule has 1 N–H and O–H groups in total. The number of hydrogen-bond donors (Lipinski definition) is 1. The van der Waals surface area contributed by atoms with Gasteiger partial charge in [-0.05, 0) is 25.5 Å². The van der Waals surface area contributed by atoms with E-state index in [1.807, 2.05) is 19.1 Å². The highest BCUT2D eigenvalue weighted by Gasteiger charge is 2.15. The maximum atomic E-state index is 5.45. The molecule has 0 aliphatic carbocycles. The van der Waals surface area contributed by atoms with Gasteiger partial charge in [0.2, 0.25) is 5.88 Å². The average molecular weight is 222 g/mol. The Kier molecular flexibility index (Phi) is 3.99. The van der Waals surface area contributed by atoms with Crippen molar-refractivity contribution in [3.63, 3.8) is 0 Å². The molecule has 1 aliphatic heterocycles. The van der Waals surface area contributed by atoms with E-state index in [2.05, 4.69) is 10.3 Å². The first-order valence-corrected chi connectivity index (χ1v) is 5.79. The molecule has 88 valence electrons. The van der Waals surface area contributed by atoms with Crippen LogP contribution in [0.1, 0.15) is 13.3 Å². The van der Waals surface area contributed by atoms with Gasteiger partial charge >= 0.3 is 0 Å². The van der Waals surface area contributed by atoms with Crippen LogP contribution in [0.4, 0.5) is 5.69 Å². The molecule has 2 rings (SSSR count). The Morgan fingerprint density at radius 3 is 3.31 bits per heavy atom. The molecular formula is C12H18N2O2. The summed E-state index contributed by atoms with van der Waals surface area (Å²) in [6.45, 7) is 5.27. The number of hydrogen-bond acceptors (Lipinski definition) is 4. The zero-order valence-corrected chi connectivity index (χ0v) is 9.61. The van der Waals surface area contributed by atoms with Crippen molar-refractivity contribution in [1.82, 2.24) is 4.98 Å². The van der Waals surface area contributed by atoms with Crippen LogP contribution in [0.3, 0.4) is 0 Å². The first-order valence-electron chi connectivity index (χ1n) is 5.79. The lowest BCUT2D eigenvalue weighted by Gasteiger charge is -2.13. The van der Waals surface area contributed by atoms with Crippen LogP contribution in [-0.2, 0) is 4.74 Å². The van der Waals surface area contributed by atoms with E-state index in [-0.39, 0.29) is 0 Å². The largest absolute Gasteiger partial charge is 0.476 e. The number of anilines is 1. The van der Waals surface area contributed by atoms with E-state index in [1.165, 1.54) is 0 Å². The Morgan fingerprint density at radius 2 is 2.56 bits per heavy atom. The predicted octanol–water partition coefficient (Wildman–Crippen LogP) is 1.93. The normalized spacial score (nSPS) is 19.7. The molecule has 1 atom stereocenters. The van der Waals surface area contributed by atoms with Crippen LogP contribution in [0.5, 0.6) is 5.88 Å². The number of nitrogens with zero attached hydrogens (tertiary/aromatic N) is 1. The Balaban J connectivity index is 1.91. The molecule has 1 saturated heterocycles. The Hall–Kier alpha value is -1.29. The first kappa shape index (κ1) is 11.2. The van der Waals surface area contributed by atoms with Gasteiger partial charge in [-0.25, -0.2) is 4.98 Å². The summed E-state index contributed by atoms with van der Waals surface area (Å²) in [5, 5.41) is 3.37. The molecule has 0 spiro atoms. The minimum Gasteiger partial charge on any atom is -0.476 e. The Bertz CT molecular complexity index is 325. The zero-order chi connectivity index (χ0) is 11.2. The van der Waals surface area contributed by atoms with E-state index >= 15 is 0 Å². The molecule has 0 aromatic carbocycles. The van der Waals surface area contributed by atoms with Crippen molar-refractivity contribution in [2.24, 2.45) is 5.92 Å². The van der Waals surface area contributed by atoms with Crippen molar-refractivity contribution in [1.29, 1.82) is 0 Å². The third-order valence-electron chi connectivity index (χ3n) is 2.66. The van der Waals surface area contributed by atoms with Crippen LogP contribution in [0.15, 0.2) is 18.3 Å². The van der Waals surface area contributed by atoms with Gasteiger partial charge in [0.25, 0.3) is 0 Å². The molecule has 0 radical (unpaired) electrons. The highest BCUT2D eigenvalue weighted by Crippen LogP contribution is 2.22. The van der Waals surface area contributed by atoms with Crippen LogP contribution in [0.25, 0.3) is 0 Å². The Labute approximate surface area is 96.0 Å². The van der Waals surface area contributed by atoms with Crippen molar-refractivity contribution in [3.05, 3.63) is 18.3 Å². The lowest BCUT2D eigenvalue weighted by atomic mass is 10.1. The molecule has 0 saturated carbocycles. The third-order valence-corrected chi connectivity index (χ3v) is 2.66. The van der Waals surface area contributed by atoms with Crippen LogP contribution in [-0.4, -0.2) is 31.3 Å². The van der Waals surface area contributed by atoms with Gasteiger partial charge in [0, 0.05) is 25.3 Å². The molecule has 4 heteroatoms. The molecule has 4 nitrogen and oxygen atoms in total. The summed E-state index contributed by atoms with van der Waals surface area (Å²) in [5.41, 5.74) is 0.969. The van der Waals surface area contributed by atoms with E-state index in [4.69, 9.17) is 9.47 Å². The van der Waals surface area contributed by atoms with E-state index < -0.39 is 0 Å². The van der Waals surface area contributed by atoms with E-state index in [9.17, 15) is 0 Å². The summed E-state index contributed by atoms with van der Waals surface area (Å²) in [7, 11) is 0. The topological polar surface area (TPSA) is 43.4 Å². The molecule has 1 aliphatic rings. The summed E-state index contributed by atoms with van der Waals surface area (Å²) in [6.07, 6.45) is 2.88. The number of nitrogens with one attached hydrogen (secondary N) is 1. The second-order valence-electron chi connectivity index (χ2n) is 3.90. The Morgan fingerprint density at radius 1 is 1.62 bits per heavy atom. The van der Waals surface area contributed by atoms with Crippen LogP contribution >= 0.6 is 0 Å². The molecule has 16 heavy (non-hydrogen) atoms. The second-order valence-corrected chi connectivity index (χ2v) is 3.90. The molecule has 1 fully saturated rings. The van der Waals surface area contributed by atoms with Gasteiger partial charge in [0.15, 0.2) is 0 Å². The standard InChI is InChI=1S/C12H18N2O2/c1-2-16-12-11(4-3-6-13-12)14-8-10-5-7-15-9-10/h3-4,6,10,14H,2,5,7-9H2,1H3. The minimum atomic E-state index is 0.606. The van der Waals surface area contributed by atoms with Gasteiger partial charge in [0.1, 0.15) is 0 Å². The van der Waals surface area contributed by atoms with Gasteiger partial charge in [-0.15, -0.1) is 0 Å². The molecule has 1 aromatic rings. The monoisotopic (exact) mass is 222 g/mol. The maximum absolute atomic E-state index is 5.45. The number of ether oxygens (including phenoxy) is 2. The summed E-state index contributed by atoms with van der Waals surface area (Å²) in [6, 6.07) is 3.91. The van der Waals surface area contributed by atoms with Crippen molar-refractivity contribution in [2.75, 3.05) is 31.7 Å². The van der Waals surface area contributed by atoms with Gasteiger partial charge < -0.3 is 14.8 Å². The van der Waals surface area contributed by atoms with E-state index in [0.29, 0.717) is 18.4 Å². The quantitative estimate of drug-likeness (QED) is 0.826. The van der Waals surface area contributed by atoms with Gasteiger partial charge in [-0.1, -0.05) is 0 Å². The molecule has 1 aromatic heterocycles. The summed E-state index contributed by atoms with van der Waals surface area (Å²) in [4.78, 5) is 4.20. The number of aromatic nitrogens is 1. The van der Waals surface area contributed by atoms with Crippen LogP contribution in [0.2, 0.25) is 0 Å². The van der Waals surface area contributed by atoms with E-state index in [1.54, 1.807) is 6.20 Å². The zero-order valence-electron chi connectivity index (χ0n) is 9.61. The third kappa shape index (κ3) is 2.85. The fourth-order valence-corrected chi connectivity index (χ4v) is 1.78. The molecule has 2 heterocycles. The van der Waals surface area contributed by atoms with Gasteiger partial charge in [-0.2, -0.15) is 0 Å². The first-order chi connectivity index (χ1) is 7.90. The van der Waals surface area contributed by atoms with Crippen molar-refractivity contribution in [3.8, 4) is 5.88 Å². The molecule has 0 amide bonds. The number of pyridine rings is 1. The second kappa shape index (κ2) is 5.70. The highest BCUT2D eigenvalue weighted by atomic mass is 16.5. The van der Waals surface area contributed by atoms with Crippen molar-refractivity contribution in [2.45, 2.75) is 13.3 Å². The van der Waals surface area contributed by atoms with Crippen LogP contribution < -0.4 is 10.1 Å². The highest BCUT2D eigenvalue weighted by molar-refractivity contribution is 5.51. The lowest BCUT2D eigenvalue weighted by molar-refractivity contribution is 0.187. The van der Waals surface area contributed by atoms with Crippen molar-refractivity contribution < 1.29 is 9.47 Å². The maximum Gasteiger partial charge on any atom is 0.237 e. The summed E-state index contributed by atoms with van der Waals surface area (Å²) >= 11 is 0. The van der Waals surface area contributed by atoms with Gasteiger partial charge in [-0.3, -0.25) is 0 Å². The molecule has 1 unspecified atom stereocenters. The molecule has 0 bridgehead atoms. The fraction of sp³-hybridized carbons (Fsp3) is 0.583. The lowest BCUT2D eigenvalue weighted by Crippen LogP contribution is -2.15. The smallest absolute Gasteiger partial charge is 0.237 e. The molecular weight excluding hydrogens is 204 g/mol. The fourth-order valence-electron chi connectivity index (χ4n) is 1.78. The van der Waals surface area contributed by atoms with E-state index in [0.717, 1.165) is 31.9 Å². The number of rotatable bonds is 5. The SMILES string of the molecule is CCOc1ncccc1NCC1CCOC1. The summed E-state index contributed by atoms with van der Waals surface area (Å²) in [5.74, 6) is 1.29. The average Bonchev–Trinajstić information content (AvgIpc) is 2.81. The minimum absolute atomic E-state index is 0.606. The predicted molar refractivity (Wildman–Crippen MR) is 62.8 cm³/mol. The van der Waals surface area contributed by atoms with Crippen LogP contribution in [0, 0.1) is 5.92 Å². The van der Waals surface area contributed by atoms with Gasteiger partial charge in [0.05, 0.1) is 18.9 Å². The van der Waals surface area contributed by atoms with Crippen molar-refractivity contribution >= 4 is 5.69 Å². The summed E-state index contributed by atoms with van der Waals surface area (Å²) < 4.78 is 10.8.